The molecular weight excluding hydrogens is 188 g/mol. The van der Waals surface area contributed by atoms with Gasteiger partial charge in [-0.1, -0.05) is 11.6 Å². The molecule has 1 heterocycles. The van der Waals surface area contributed by atoms with E-state index in [1.54, 1.807) is 6.92 Å². The lowest BCUT2D eigenvalue weighted by Crippen LogP contribution is -1.93. The summed E-state index contributed by atoms with van der Waals surface area (Å²) in [6, 6.07) is 1.16. The molecule has 0 atom stereocenters. The van der Waals surface area contributed by atoms with Crippen molar-refractivity contribution in [3.63, 3.8) is 0 Å². The van der Waals surface area contributed by atoms with Crippen molar-refractivity contribution in [2.24, 2.45) is 0 Å². The molecule has 66 valence electrons. The topological polar surface area (TPSA) is 33.1 Å². The number of halogens is 3. The Bertz CT molecular complexity index is 304. The van der Waals surface area contributed by atoms with Crippen LogP contribution in [0, 0.1) is 6.92 Å². The standard InChI is InChI=1S/C7H6ClF2NO/c1-3-2-4(12)5(7(9)10)11-6(3)8/h2,7,12H,1H3. The summed E-state index contributed by atoms with van der Waals surface area (Å²) in [5.41, 5.74) is -0.204. The van der Waals surface area contributed by atoms with Gasteiger partial charge in [-0.3, -0.25) is 0 Å². The van der Waals surface area contributed by atoms with E-state index in [1.165, 1.54) is 0 Å². The van der Waals surface area contributed by atoms with E-state index in [-0.39, 0.29) is 5.15 Å². The van der Waals surface area contributed by atoms with Gasteiger partial charge in [0.1, 0.15) is 16.6 Å². The van der Waals surface area contributed by atoms with Crippen LogP contribution >= 0.6 is 11.6 Å². The van der Waals surface area contributed by atoms with Crippen LogP contribution in [0.5, 0.6) is 5.75 Å². The van der Waals surface area contributed by atoms with Gasteiger partial charge in [0.15, 0.2) is 0 Å². The Hall–Kier alpha value is -0.900. The number of hydrogen-bond donors (Lipinski definition) is 1. The first-order chi connectivity index (χ1) is 5.52. The molecule has 0 amide bonds. The molecule has 0 aliphatic heterocycles. The Morgan fingerprint density at radius 2 is 2.17 bits per heavy atom. The number of aryl methyl sites for hydroxylation is 1. The summed E-state index contributed by atoms with van der Waals surface area (Å²) in [6.45, 7) is 1.57. The summed E-state index contributed by atoms with van der Waals surface area (Å²) in [4.78, 5) is 3.34. The second-order valence-corrected chi connectivity index (χ2v) is 2.66. The zero-order chi connectivity index (χ0) is 9.30. The number of nitrogens with zero attached hydrogens (tertiary/aromatic N) is 1. The van der Waals surface area contributed by atoms with Crippen LogP contribution in [0.1, 0.15) is 17.7 Å². The first kappa shape index (κ1) is 9.19. The van der Waals surface area contributed by atoms with E-state index in [0.29, 0.717) is 5.56 Å². The maximum Gasteiger partial charge on any atom is 0.284 e. The highest BCUT2D eigenvalue weighted by molar-refractivity contribution is 6.30. The molecule has 0 fully saturated rings. The van der Waals surface area contributed by atoms with E-state index in [2.05, 4.69) is 4.98 Å². The molecule has 1 rings (SSSR count). The van der Waals surface area contributed by atoms with Crippen LogP contribution in [0.15, 0.2) is 6.07 Å². The van der Waals surface area contributed by atoms with Gasteiger partial charge in [-0.05, 0) is 18.6 Å². The molecule has 0 unspecified atom stereocenters. The summed E-state index contributed by atoms with van der Waals surface area (Å²) in [5.74, 6) is -0.521. The Morgan fingerprint density at radius 1 is 1.58 bits per heavy atom. The van der Waals surface area contributed by atoms with E-state index in [1.807, 2.05) is 0 Å². The van der Waals surface area contributed by atoms with Crippen molar-refractivity contribution in [2.75, 3.05) is 0 Å². The average molecular weight is 194 g/mol. The van der Waals surface area contributed by atoms with Gasteiger partial charge in [0.2, 0.25) is 0 Å². The zero-order valence-corrected chi connectivity index (χ0v) is 6.94. The van der Waals surface area contributed by atoms with Crippen LogP contribution in [0.4, 0.5) is 8.78 Å². The monoisotopic (exact) mass is 193 g/mol. The molecule has 1 aromatic rings. The van der Waals surface area contributed by atoms with Gasteiger partial charge in [-0.2, -0.15) is 0 Å². The lowest BCUT2D eigenvalue weighted by atomic mass is 10.2. The summed E-state index contributed by atoms with van der Waals surface area (Å²) < 4.78 is 24.1. The summed E-state index contributed by atoms with van der Waals surface area (Å²) in [5, 5.41) is 8.97. The molecular formula is C7H6ClF2NO. The highest BCUT2D eigenvalue weighted by Gasteiger charge is 2.16. The molecule has 0 radical (unpaired) electrons. The quantitative estimate of drug-likeness (QED) is 0.696. The van der Waals surface area contributed by atoms with Crippen LogP contribution in [0.3, 0.4) is 0 Å². The summed E-state index contributed by atoms with van der Waals surface area (Å²) >= 11 is 5.47. The van der Waals surface area contributed by atoms with Crippen LogP contribution in [0.25, 0.3) is 0 Å². The Kier molecular flexibility index (Phi) is 2.47. The second-order valence-electron chi connectivity index (χ2n) is 2.30. The van der Waals surface area contributed by atoms with Gasteiger partial charge in [0.25, 0.3) is 6.43 Å². The van der Waals surface area contributed by atoms with E-state index >= 15 is 0 Å². The third-order valence-corrected chi connectivity index (χ3v) is 1.75. The van der Waals surface area contributed by atoms with Crippen molar-refractivity contribution in [2.45, 2.75) is 13.3 Å². The molecule has 1 N–H and O–H groups in total. The fourth-order valence-corrected chi connectivity index (χ4v) is 0.896. The molecule has 0 bridgehead atoms. The van der Waals surface area contributed by atoms with E-state index < -0.39 is 17.9 Å². The Morgan fingerprint density at radius 3 is 2.67 bits per heavy atom. The molecule has 0 saturated heterocycles. The van der Waals surface area contributed by atoms with Crippen molar-refractivity contribution in [3.8, 4) is 5.75 Å². The fraction of sp³-hybridized carbons (Fsp3) is 0.286. The average Bonchev–Trinajstić information content (AvgIpc) is 1.96. The first-order valence-electron chi connectivity index (χ1n) is 3.16. The third kappa shape index (κ3) is 1.64. The fourth-order valence-electron chi connectivity index (χ4n) is 0.750. The number of pyridine rings is 1. The minimum atomic E-state index is -2.80. The number of rotatable bonds is 1. The molecule has 0 aliphatic carbocycles. The minimum absolute atomic E-state index is 0.0110. The van der Waals surface area contributed by atoms with Gasteiger partial charge in [-0.25, -0.2) is 13.8 Å². The number of aromatic hydroxyl groups is 1. The lowest BCUT2D eigenvalue weighted by Gasteiger charge is -2.04. The molecule has 12 heavy (non-hydrogen) atoms. The van der Waals surface area contributed by atoms with E-state index in [9.17, 15) is 8.78 Å². The summed E-state index contributed by atoms with van der Waals surface area (Å²) in [6.07, 6.45) is -2.80. The maximum atomic E-state index is 12.1. The molecule has 1 aromatic heterocycles. The van der Waals surface area contributed by atoms with Crippen LogP contribution in [0.2, 0.25) is 5.15 Å². The smallest absolute Gasteiger partial charge is 0.284 e. The van der Waals surface area contributed by atoms with Crippen molar-refractivity contribution < 1.29 is 13.9 Å². The number of alkyl halides is 2. The number of hydrogen-bond acceptors (Lipinski definition) is 2. The molecule has 0 aliphatic rings. The lowest BCUT2D eigenvalue weighted by molar-refractivity contribution is 0.142. The van der Waals surface area contributed by atoms with Crippen molar-refractivity contribution in [1.82, 2.24) is 4.98 Å². The van der Waals surface area contributed by atoms with Crippen LogP contribution < -0.4 is 0 Å². The maximum absolute atomic E-state index is 12.1. The van der Waals surface area contributed by atoms with Crippen molar-refractivity contribution in [3.05, 3.63) is 22.5 Å². The van der Waals surface area contributed by atoms with E-state index in [0.717, 1.165) is 6.07 Å². The molecule has 0 aromatic carbocycles. The van der Waals surface area contributed by atoms with Crippen molar-refractivity contribution in [1.29, 1.82) is 0 Å². The number of aromatic nitrogens is 1. The van der Waals surface area contributed by atoms with Crippen LogP contribution in [-0.4, -0.2) is 10.1 Å². The predicted octanol–water partition coefficient (Wildman–Crippen LogP) is 2.69. The Labute approximate surface area is 72.8 Å². The normalized spacial score (nSPS) is 10.8. The van der Waals surface area contributed by atoms with Gasteiger partial charge in [0, 0.05) is 0 Å². The predicted molar refractivity (Wildman–Crippen MR) is 40.6 cm³/mol. The largest absolute Gasteiger partial charge is 0.506 e. The molecule has 2 nitrogen and oxygen atoms in total. The highest BCUT2D eigenvalue weighted by Crippen LogP contribution is 2.29. The highest BCUT2D eigenvalue weighted by atomic mass is 35.5. The van der Waals surface area contributed by atoms with Gasteiger partial charge >= 0.3 is 0 Å². The molecule has 5 heteroatoms. The van der Waals surface area contributed by atoms with Gasteiger partial charge in [0.05, 0.1) is 0 Å². The molecule has 0 saturated carbocycles. The first-order valence-corrected chi connectivity index (χ1v) is 3.54. The third-order valence-electron chi connectivity index (χ3n) is 1.37. The van der Waals surface area contributed by atoms with E-state index in [4.69, 9.17) is 16.7 Å². The Balaban J connectivity index is 3.23. The zero-order valence-electron chi connectivity index (χ0n) is 6.18. The van der Waals surface area contributed by atoms with Gasteiger partial charge < -0.3 is 5.11 Å². The summed E-state index contributed by atoms with van der Waals surface area (Å²) in [7, 11) is 0. The second kappa shape index (κ2) is 3.23. The van der Waals surface area contributed by atoms with Crippen molar-refractivity contribution >= 4 is 11.6 Å². The SMILES string of the molecule is Cc1cc(O)c(C(F)F)nc1Cl. The van der Waals surface area contributed by atoms with Gasteiger partial charge in [-0.15, -0.1) is 0 Å². The minimum Gasteiger partial charge on any atom is -0.506 e. The molecule has 0 spiro atoms. The van der Waals surface area contributed by atoms with Crippen LogP contribution in [-0.2, 0) is 0 Å².